The van der Waals surface area contributed by atoms with Gasteiger partial charge in [0.15, 0.2) is 0 Å². The highest BCUT2D eigenvalue weighted by molar-refractivity contribution is 5.88. The number of esters is 5. The van der Waals surface area contributed by atoms with Gasteiger partial charge in [0, 0.05) is 16.7 Å². The second-order valence-electron chi connectivity index (χ2n) is 9.20. The number of methoxy groups -OCH3 is 1. The van der Waals surface area contributed by atoms with Gasteiger partial charge in [0.25, 0.3) is 0 Å². The third kappa shape index (κ3) is 9.31. The summed E-state index contributed by atoms with van der Waals surface area (Å²) in [6.45, 7) is 13.2. The Balaban J connectivity index is 3.19. The molecule has 0 saturated heterocycles. The molecule has 1 saturated carbocycles. The van der Waals surface area contributed by atoms with Crippen molar-refractivity contribution in [3.63, 3.8) is 0 Å². The maximum absolute atomic E-state index is 13.0. The van der Waals surface area contributed by atoms with Crippen LogP contribution in [0, 0.1) is 17.3 Å². The lowest BCUT2D eigenvalue weighted by molar-refractivity contribution is -0.173. The molecule has 0 N–H and O–H groups in total. The Labute approximate surface area is 211 Å². The third-order valence-electron chi connectivity index (χ3n) is 5.67. The Morgan fingerprint density at radius 3 is 1.31 bits per heavy atom. The van der Waals surface area contributed by atoms with E-state index in [1.54, 1.807) is 0 Å². The summed E-state index contributed by atoms with van der Waals surface area (Å²) < 4.78 is 26.2. The highest BCUT2D eigenvalue weighted by Gasteiger charge is 2.41. The van der Waals surface area contributed by atoms with Gasteiger partial charge in [-0.25, -0.2) is 14.4 Å². The van der Waals surface area contributed by atoms with Crippen molar-refractivity contribution in [2.24, 2.45) is 17.3 Å². The monoisotopic (exact) mass is 508 g/mol. The van der Waals surface area contributed by atoms with Crippen LogP contribution in [0.2, 0.25) is 0 Å². The largest absolute Gasteiger partial charge is 0.469 e. The number of carbonyl (C=O) groups excluding carboxylic acids is 5. The summed E-state index contributed by atoms with van der Waals surface area (Å²) in [6, 6.07) is 0. The zero-order chi connectivity index (χ0) is 27.5. The van der Waals surface area contributed by atoms with Gasteiger partial charge in [-0.05, 0) is 33.6 Å². The van der Waals surface area contributed by atoms with Crippen LogP contribution in [-0.4, -0.2) is 63.4 Å². The molecule has 200 valence electrons. The lowest BCUT2D eigenvalue weighted by atomic mass is 9.79. The van der Waals surface area contributed by atoms with Crippen LogP contribution in [0.1, 0.15) is 46.5 Å². The van der Waals surface area contributed by atoms with Crippen molar-refractivity contribution < 1.29 is 47.7 Å². The van der Waals surface area contributed by atoms with Crippen molar-refractivity contribution in [2.75, 3.05) is 33.5 Å². The summed E-state index contributed by atoms with van der Waals surface area (Å²) in [5.41, 5.74) is -1.11. The molecule has 0 radical (unpaired) electrons. The van der Waals surface area contributed by atoms with Crippen LogP contribution in [0.25, 0.3) is 0 Å². The standard InChI is InChI=1S/C26H36O10/c1-16(2)21(27)33-12-26(13-34-22(28)17(3)4,14-35-23(29)18(5)6)15-36-25(31)20-11-9-8-10-19(20)24(30)32-7/h19-20H,1,3,5,8-15H2,2,4,6-7H3. The van der Waals surface area contributed by atoms with Crippen LogP contribution in [0.15, 0.2) is 36.5 Å². The Bertz CT molecular complexity index is 826. The lowest BCUT2D eigenvalue weighted by Gasteiger charge is -2.33. The van der Waals surface area contributed by atoms with Gasteiger partial charge in [-0.2, -0.15) is 0 Å². The number of carbonyl (C=O) groups is 5. The molecule has 0 bridgehead atoms. The lowest BCUT2D eigenvalue weighted by Crippen LogP contribution is -2.45. The van der Waals surface area contributed by atoms with Crippen LogP contribution in [0.5, 0.6) is 0 Å². The van der Waals surface area contributed by atoms with Crippen LogP contribution in [0.4, 0.5) is 0 Å². The van der Waals surface area contributed by atoms with Crippen molar-refractivity contribution in [1.82, 2.24) is 0 Å². The van der Waals surface area contributed by atoms with Crippen LogP contribution >= 0.6 is 0 Å². The van der Waals surface area contributed by atoms with Crippen LogP contribution in [0.3, 0.4) is 0 Å². The zero-order valence-corrected chi connectivity index (χ0v) is 21.5. The summed E-state index contributed by atoms with van der Waals surface area (Å²) >= 11 is 0. The Kier molecular flexibility index (Phi) is 12.1. The number of hydrogen-bond acceptors (Lipinski definition) is 10. The normalized spacial score (nSPS) is 17.2. The minimum atomic E-state index is -1.45. The zero-order valence-electron chi connectivity index (χ0n) is 21.5. The fourth-order valence-corrected chi connectivity index (χ4v) is 3.45. The van der Waals surface area contributed by atoms with E-state index in [9.17, 15) is 24.0 Å². The van der Waals surface area contributed by atoms with E-state index in [0.717, 1.165) is 12.8 Å². The van der Waals surface area contributed by atoms with E-state index in [1.165, 1.54) is 27.9 Å². The molecule has 1 rings (SSSR count). The first-order valence-corrected chi connectivity index (χ1v) is 11.6. The Hall–Kier alpha value is -3.43. The Morgan fingerprint density at radius 2 is 0.972 bits per heavy atom. The van der Waals surface area contributed by atoms with E-state index >= 15 is 0 Å². The molecule has 0 amide bonds. The average Bonchev–Trinajstić information content (AvgIpc) is 2.86. The maximum Gasteiger partial charge on any atom is 0.333 e. The molecule has 0 aromatic heterocycles. The van der Waals surface area contributed by atoms with Gasteiger partial charge < -0.3 is 23.7 Å². The topological polar surface area (TPSA) is 132 Å². The van der Waals surface area contributed by atoms with Crippen LogP contribution < -0.4 is 0 Å². The third-order valence-corrected chi connectivity index (χ3v) is 5.67. The summed E-state index contributed by atoms with van der Waals surface area (Å²) in [6.07, 6.45) is 2.44. The molecule has 10 heteroatoms. The summed E-state index contributed by atoms with van der Waals surface area (Å²) in [5, 5.41) is 0. The molecule has 1 fully saturated rings. The van der Waals surface area contributed by atoms with Gasteiger partial charge in [0.1, 0.15) is 31.8 Å². The first-order chi connectivity index (χ1) is 16.8. The maximum atomic E-state index is 13.0. The fraction of sp³-hybridized carbons (Fsp3) is 0.577. The van der Waals surface area contributed by atoms with Crippen LogP contribution in [-0.2, 0) is 47.7 Å². The van der Waals surface area contributed by atoms with Gasteiger partial charge >= 0.3 is 29.8 Å². The second-order valence-corrected chi connectivity index (χ2v) is 9.20. The molecule has 2 atom stereocenters. The molecule has 2 unspecified atom stereocenters. The first kappa shape index (κ1) is 30.6. The van der Waals surface area contributed by atoms with Gasteiger partial charge in [0.05, 0.1) is 18.9 Å². The molecule has 10 nitrogen and oxygen atoms in total. The highest BCUT2D eigenvalue weighted by atomic mass is 16.6. The summed E-state index contributed by atoms with van der Waals surface area (Å²) in [7, 11) is 1.26. The minimum Gasteiger partial charge on any atom is -0.469 e. The first-order valence-electron chi connectivity index (χ1n) is 11.6. The van der Waals surface area contributed by atoms with Crippen molar-refractivity contribution in [1.29, 1.82) is 0 Å². The molecule has 0 spiro atoms. The number of rotatable bonds is 13. The van der Waals surface area contributed by atoms with E-state index < -0.39 is 73.5 Å². The molecular formula is C26H36O10. The van der Waals surface area contributed by atoms with E-state index in [-0.39, 0.29) is 16.7 Å². The van der Waals surface area contributed by atoms with E-state index in [4.69, 9.17) is 23.7 Å². The number of ether oxygens (including phenoxy) is 5. The van der Waals surface area contributed by atoms with Crippen molar-refractivity contribution in [2.45, 2.75) is 46.5 Å². The molecule has 0 aromatic rings. The molecule has 0 aliphatic heterocycles. The summed E-state index contributed by atoms with van der Waals surface area (Å²) in [4.78, 5) is 61.5. The van der Waals surface area contributed by atoms with Crippen molar-refractivity contribution in [3.8, 4) is 0 Å². The van der Waals surface area contributed by atoms with E-state index in [0.29, 0.717) is 12.8 Å². The van der Waals surface area contributed by atoms with Gasteiger partial charge in [0.2, 0.25) is 0 Å². The second kappa shape index (κ2) is 14.2. The Morgan fingerprint density at radius 1 is 0.639 bits per heavy atom. The van der Waals surface area contributed by atoms with Crippen molar-refractivity contribution >= 4 is 29.8 Å². The SMILES string of the molecule is C=C(C)C(=O)OCC(COC(=O)C(=C)C)(COC(=O)C(=C)C)COC(=O)C1CCCCC1C(=O)OC. The van der Waals surface area contributed by atoms with Gasteiger partial charge in [-0.1, -0.05) is 32.6 Å². The fourth-order valence-electron chi connectivity index (χ4n) is 3.45. The van der Waals surface area contributed by atoms with Gasteiger partial charge in [-0.15, -0.1) is 0 Å². The average molecular weight is 509 g/mol. The van der Waals surface area contributed by atoms with Gasteiger partial charge in [-0.3, -0.25) is 9.59 Å². The molecule has 1 aliphatic rings. The smallest absolute Gasteiger partial charge is 0.333 e. The number of hydrogen-bond donors (Lipinski definition) is 0. The molecule has 0 aromatic carbocycles. The molecular weight excluding hydrogens is 472 g/mol. The summed E-state index contributed by atoms with van der Waals surface area (Å²) in [5.74, 6) is -4.72. The molecule has 1 aliphatic carbocycles. The quantitative estimate of drug-likeness (QED) is 0.208. The van der Waals surface area contributed by atoms with E-state index in [2.05, 4.69) is 19.7 Å². The minimum absolute atomic E-state index is 0.113. The highest BCUT2D eigenvalue weighted by Crippen LogP contribution is 2.33. The predicted molar refractivity (Wildman–Crippen MR) is 128 cm³/mol. The molecule has 36 heavy (non-hydrogen) atoms. The molecule has 0 heterocycles. The van der Waals surface area contributed by atoms with Crippen molar-refractivity contribution in [3.05, 3.63) is 36.5 Å². The predicted octanol–water partition coefficient (Wildman–Crippen LogP) is 2.85. The van der Waals surface area contributed by atoms with E-state index in [1.807, 2.05) is 0 Å².